The number of aryl methyl sites for hydroxylation is 1. The van der Waals surface area contributed by atoms with Gasteiger partial charge in [-0.1, -0.05) is 6.92 Å². The molecule has 0 saturated carbocycles. The molecule has 6 nitrogen and oxygen atoms in total. The summed E-state index contributed by atoms with van der Waals surface area (Å²) in [6, 6.07) is 2.75. The van der Waals surface area contributed by atoms with E-state index >= 15 is 0 Å². The van der Waals surface area contributed by atoms with Crippen molar-refractivity contribution in [2.24, 2.45) is 0 Å². The lowest BCUT2D eigenvalue weighted by atomic mass is 10.3. The molecule has 3 heterocycles. The van der Waals surface area contributed by atoms with E-state index in [0.717, 1.165) is 14.9 Å². The Kier molecular flexibility index (Phi) is 2.86. The van der Waals surface area contributed by atoms with Crippen LogP contribution in [-0.2, 0) is 11.2 Å². The van der Waals surface area contributed by atoms with Crippen molar-refractivity contribution in [3.05, 3.63) is 33.7 Å². The van der Waals surface area contributed by atoms with Gasteiger partial charge in [0.1, 0.15) is 16.2 Å². The van der Waals surface area contributed by atoms with Gasteiger partial charge in [0.2, 0.25) is 0 Å². The van der Waals surface area contributed by atoms with Gasteiger partial charge in [-0.25, -0.2) is 9.48 Å². The van der Waals surface area contributed by atoms with Crippen molar-refractivity contribution < 1.29 is 9.90 Å². The molecule has 3 aromatic heterocycles. The lowest BCUT2D eigenvalue weighted by molar-refractivity contribution is -0.140. The monoisotopic (exact) mass is 291 g/mol. The average molecular weight is 291 g/mol. The van der Waals surface area contributed by atoms with E-state index in [-0.39, 0.29) is 5.56 Å². The molecule has 104 valence electrons. The molecule has 1 N–H and O–H groups in total. The molecule has 0 radical (unpaired) electrons. The number of carbonyl (C=O) groups is 1. The van der Waals surface area contributed by atoms with Crippen LogP contribution in [0.5, 0.6) is 0 Å². The Morgan fingerprint density at radius 2 is 2.30 bits per heavy atom. The first-order valence-corrected chi connectivity index (χ1v) is 7.15. The first-order chi connectivity index (χ1) is 9.54. The summed E-state index contributed by atoms with van der Waals surface area (Å²) >= 11 is 1.54. The number of carboxylic acid groups (broad SMARTS) is 1. The maximum atomic E-state index is 12.4. The van der Waals surface area contributed by atoms with Crippen LogP contribution in [-0.4, -0.2) is 25.3 Å². The Balaban J connectivity index is 2.44. The zero-order valence-electron chi connectivity index (χ0n) is 11.0. The van der Waals surface area contributed by atoms with Crippen LogP contribution in [0.25, 0.3) is 15.7 Å². The molecule has 0 amide bonds. The lowest BCUT2D eigenvalue weighted by Gasteiger charge is -2.12. The summed E-state index contributed by atoms with van der Waals surface area (Å²) in [4.78, 5) is 24.5. The number of hydrogen-bond acceptors (Lipinski definition) is 4. The highest BCUT2D eigenvalue weighted by Gasteiger charge is 2.20. The summed E-state index contributed by atoms with van der Waals surface area (Å²) in [5.41, 5.74) is 0.104. The van der Waals surface area contributed by atoms with Crippen molar-refractivity contribution in [2.45, 2.75) is 26.3 Å². The van der Waals surface area contributed by atoms with E-state index in [4.69, 9.17) is 5.11 Å². The molecule has 0 fully saturated rings. The first-order valence-electron chi connectivity index (χ1n) is 6.27. The second-order valence-corrected chi connectivity index (χ2v) is 5.47. The summed E-state index contributed by atoms with van der Waals surface area (Å²) in [6.45, 7) is 3.39. The van der Waals surface area contributed by atoms with Gasteiger partial charge in [0, 0.05) is 11.8 Å². The Hall–Kier alpha value is -2.15. The van der Waals surface area contributed by atoms with Gasteiger partial charge in [-0.2, -0.15) is 5.10 Å². The van der Waals surface area contributed by atoms with E-state index in [2.05, 4.69) is 5.10 Å². The number of thiophene rings is 1. The van der Waals surface area contributed by atoms with E-state index in [1.165, 1.54) is 6.92 Å². The summed E-state index contributed by atoms with van der Waals surface area (Å²) in [5.74, 6) is -0.385. The maximum Gasteiger partial charge on any atom is 0.328 e. The van der Waals surface area contributed by atoms with Crippen molar-refractivity contribution in [2.75, 3.05) is 0 Å². The highest BCUT2D eigenvalue weighted by Crippen LogP contribution is 2.25. The van der Waals surface area contributed by atoms with Gasteiger partial charge in [-0.15, -0.1) is 11.3 Å². The molecule has 1 atom stereocenters. The summed E-state index contributed by atoms with van der Waals surface area (Å²) in [5, 5.41) is 16.3. The molecule has 0 saturated heterocycles. The molecule has 0 bridgehead atoms. The minimum Gasteiger partial charge on any atom is -0.480 e. The first kappa shape index (κ1) is 12.9. The summed E-state index contributed by atoms with van der Waals surface area (Å²) in [7, 11) is 0. The highest BCUT2D eigenvalue weighted by atomic mass is 32.1. The van der Waals surface area contributed by atoms with Crippen molar-refractivity contribution in [1.82, 2.24) is 14.2 Å². The zero-order valence-corrected chi connectivity index (χ0v) is 11.8. The smallest absolute Gasteiger partial charge is 0.328 e. The quantitative estimate of drug-likeness (QED) is 0.800. The van der Waals surface area contributed by atoms with Crippen molar-refractivity contribution in [3.63, 3.8) is 0 Å². The number of aliphatic carboxylic acids is 1. The number of nitrogens with zero attached hydrogens (tertiary/aromatic N) is 3. The van der Waals surface area contributed by atoms with E-state index in [1.54, 1.807) is 17.4 Å². The third-order valence-corrected chi connectivity index (χ3v) is 4.27. The number of hydrogen-bond donors (Lipinski definition) is 1. The van der Waals surface area contributed by atoms with E-state index in [1.807, 2.05) is 22.8 Å². The minimum atomic E-state index is -1.07. The van der Waals surface area contributed by atoms with Crippen LogP contribution < -0.4 is 5.56 Å². The van der Waals surface area contributed by atoms with E-state index in [9.17, 15) is 9.59 Å². The number of rotatable bonds is 3. The van der Waals surface area contributed by atoms with Gasteiger partial charge in [0.25, 0.3) is 5.56 Å². The fraction of sp³-hybridized carbons (Fsp3) is 0.308. The Morgan fingerprint density at radius 1 is 1.55 bits per heavy atom. The Morgan fingerprint density at radius 3 is 2.95 bits per heavy atom. The fourth-order valence-electron chi connectivity index (χ4n) is 2.27. The van der Waals surface area contributed by atoms with Crippen LogP contribution in [0.4, 0.5) is 0 Å². The number of fused-ring (bicyclic) bond motifs is 3. The van der Waals surface area contributed by atoms with Gasteiger partial charge >= 0.3 is 5.97 Å². The molecular formula is C13H13N3O3S. The Bertz CT molecular complexity index is 874. The predicted molar refractivity (Wildman–Crippen MR) is 76.6 cm³/mol. The molecular weight excluding hydrogens is 278 g/mol. The molecule has 0 aliphatic rings. The SMILES string of the molecule is CCc1nn(C(C)C(=O)O)c(=O)c2cc3ccsc3n12. The maximum absolute atomic E-state index is 12.4. The second-order valence-electron chi connectivity index (χ2n) is 4.58. The third kappa shape index (κ3) is 1.66. The summed E-state index contributed by atoms with van der Waals surface area (Å²) < 4.78 is 2.88. The molecule has 3 aromatic rings. The Labute approximate surface area is 117 Å². The van der Waals surface area contributed by atoms with Gasteiger partial charge in [-0.05, 0) is 24.4 Å². The standard InChI is InChI=1S/C13H13N3O3S/c1-3-10-14-16(7(2)13(18)19)11(17)9-6-8-4-5-20-12(8)15(9)10/h4-7H,3H2,1-2H3,(H,18,19). The van der Waals surface area contributed by atoms with Crippen molar-refractivity contribution in [3.8, 4) is 0 Å². The van der Waals surface area contributed by atoms with Gasteiger partial charge in [0.05, 0.1) is 0 Å². The minimum absolute atomic E-state index is 0.375. The zero-order chi connectivity index (χ0) is 14.4. The van der Waals surface area contributed by atoms with Gasteiger partial charge in [0.15, 0.2) is 6.04 Å². The molecule has 3 rings (SSSR count). The van der Waals surface area contributed by atoms with Crippen LogP contribution in [0.2, 0.25) is 0 Å². The van der Waals surface area contributed by atoms with Gasteiger partial charge < -0.3 is 5.11 Å². The molecule has 0 aliphatic heterocycles. The normalized spacial score (nSPS) is 13.1. The average Bonchev–Trinajstić information content (AvgIpc) is 2.99. The van der Waals surface area contributed by atoms with E-state index in [0.29, 0.717) is 17.8 Å². The molecule has 1 unspecified atom stereocenters. The highest BCUT2D eigenvalue weighted by molar-refractivity contribution is 7.16. The molecule has 0 spiro atoms. The van der Waals surface area contributed by atoms with Crippen molar-refractivity contribution >= 4 is 33.0 Å². The van der Waals surface area contributed by atoms with E-state index < -0.39 is 12.0 Å². The second kappa shape index (κ2) is 4.45. The molecule has 20 heavy (non-hydrogen) atoms. The van der Waals surface area contributed by atoms with Crippen molar-refractivity contribution in [1.29, 1.82) is 0 Å². The van der Waals surface area contributed by atoms with Crippen LogP contribution >= 0.6 is 11.3 Å². The molecule has 0 aromatic carbocycles. The molecule has 7 heteroatoms. The van der Waals surface area contributed by atoms with Crippen LogP contribution in [0.3, 0.4) is 0 Å². The fourth-order valence-corrected chi connectivity index (χ4v) is 3.18. The number of carboxylic acids is 1. The lowest BCUT2D eigenvalue weighted by Crippen LogP contribution is -2.32. The molecule has 0 aliphatic carbocycles. The topological polar surface area (TPSA) is 76.6 Å². The number of aromatic nitrogens is 3. The predicted octanol–water partition coefficient (Wildman–Crippen LogP) is 1.92. The third-order valence-electron chi connectivity index (χ3n) is 3.36. The van der Waals surface area contributed by atoms with Crippen LogP contribution in [0, 0.1) is 0 Å². The van der Waals surface area contributed by atoms with Crippen LogP contribution in [0.1, 0.15) is 25.7 Å². The summed E-state index contributed by atoms with van der Waals surface area (Å²) in [6.07, 6.45) is 0.616. The van der Waals surface area contributed by atoms with Gasteiger partial charge in [-0.3, -0.25) is 9.20 Å². The van der Waals surface area contributed by atoms with Crippen LogP contribution in [0.15, 0.2) is 22.3 Å². The largest absolute Gasteiger partial charge is 0.480 e.